The van der Waals surface area contributed by atoms with Crippen molar-refractivity contribution in [3.8, 4) is 0 Å². The van der Waals surface area contributed by atoms with Gasteiger partial charge in [0.1, 0.15) is 6.23 Å². The summed E-state index contributed by atoms with van der Waals surface area (Å²) < 4.78 is 6.05. The molecule has 0 heterocycles. The number of carbonyl (C=O) groups is 1. The molecule has 0 fully saturated rings. The molecule has 0 aromatic heterocycles. The Labute approximate surface area is 153 Å². The average molecular weight is 367 g/mol. The number of aliphatic hydroxyl groups is 1. The van der Waals surface area contributed by atoms with Gasteiger partial charge in [0.25, 0.3) is 0 Å². The van der Waals surface area contributed by atoms with E-state index >= 15 is 0 Å². The monoisotopic (exact) mass is 366 g/mol. The summed E-state index contributed by atoms with van der Waals surface area (Å²) >= 11 is 0. The number of amides is 1. The Balaban J connectivity index is 2.69. The van der Waals surface area contributed by atoms with Crippen LogP contribution in [-0.2, 0) is 9.22 Å². The lowest BCUT2D eigenvalue weighted by atomic mass is 9.96. The zero-order valence-corrected chi connectivity index (χ0v) is 17.2. The number of aliphatic hydroxyl groups excluding tert-OH is 1. The Bertz CT molecular complexity index is 521. The molecule has 1 rings (SSSR count). The smallest absolute Gasteiger partial charge is 0.212 e. The van der Waals surface area contributed by atoms with E-state index in [4.69, 9.17) is 10.2 Å². The third kappa shape index (κ3) is 6.22. The fraction of sp³-hybridized carbons (Fsp3) is 0.632. The van der Waals surface area contributed by atoms with Gasteiger partial charge in [-0.15, -0.1) is 0 Å². The van der Waals surface area contributed by atoms with Gasteiger partial charge in [0, 0.05) is 6.54 Å². The molecular weight excluding hydrogens is 332 g/mol. The van der Waals surface area contributed by atoms with Crippen molar-refractivity contribution < 1.29 is 14.3 Å². The molecule has 1 amide bonds. The van der Waals surface area contributed by atoms with E-state index < -0.39 is 14.5 Å². The first-order valence-corrected chi connectivity index (χ1v) is 11.8. The summed E-state index contributed by atoms with van der Waals surface area (Å²) in [6.45, 7) is 11.6. The van der Waals surface area contributed by atoms with Gasteiger partial charge >= 0.3 is 0 Å². The van der Waals surface area contributed by atoms with Crippen molar-refractivity contribution in [2.45, 2.75) is 64.0 Å². The number of allylic oxidation sites excluding steroid dienone is 3. The summed E-state index contributed by atoms with van der Waals surface area (Å²) in [7, 11) is -1.82. The predicted molar refractivity (Wildman–Crippen MR) is 105 cm³/mol. The summed E-state index contributed by atoms with van der Waals surface area (Å²) in [5.74, 6) is 0. The van der Waals surface area contributed by atoms with Crippen LogP contribution in [0.3, 0.4) is 0 Å². The van der Waals surface area contributed by atoms with Gasteiger partial charge in [0.15, 0.2) is 8.32 Å². The van der Waals surface area contributed by atoms with Gasteiger partial charge in [-0.1, -0.05) is 45.1 Å². The molecule has 0 aromatic carbocycles. The van der Waals surface area contributed by atoms with Crippen LogP contribution in [0.5, 0.6) is 0 Å². The minimum Gasteiger partial charge on any atom is -0.413 e. The Hall–Kier alpha value is -1.21. The van der Waals surface area contributed by atoms with Gasteiger partial charge in [-0.2, -0.15) is 0 Å². The summed E-state index contributed by atoms with van der Waals surface area (Å²) in [5.41, 5.74) is 6.93. The number of hydrogen-bond donors (Lipinski definition) is 2. The third-order valence-electron chi connectivity index (χ3n) is 5.14. The fourth-order valence-corrected chi connectivity index (χ4v) is 3.38. The highest BCUT2D eigenvalue weighted by Gasteiger charge is 2.36. The second-order valence-electron chi connectivity index (χ2n) is 7.93. The van der Waals surface area contributed by atoms with Crippen LogP contribution in [0.15, 0.2) is 36.0 Å². The van der Waals surface area contributed by atoms with Crippen LogP contribution in [0.2, 0.25) is 18.1 Å². The maximum absolute atomic E-state index is 11.5. The van der Waals surface area contributed by atoms with Crippen molar-refractivity contribution in [2.24, 2.45) is 5.73 Å². The molecule has 3 N–H and O–H groups in total. The highest BCUT2D eigenvalue weighted by atomic mass is 28.4. The maximum atomic E-state index is 11.5. The molecule has 2 atom stereocenters. The molecule has 25 heavy (non-hydrogen) atoms. The molecular formula is C19H34N2O3Si. The first-order valence-electron chi connectivity index (χ1n) is 8.91. The molecule has 0 radical (unpaired) electrons. The van der Waals surface area contributed by atoms with Crippen LogP contribution in [0.1, 0.15) is 33.6 Å². The number of nitrogens with two attached hydrogens (primary N) is 1. The first-order chi connectivity index (χ1) is 11.6. The van der Waals surface area contributed by atoms with Crippen LogP contribution < -0.4 is 5.73 Å². The SMILES string of the molecule is CC(C)(C)[Si](C)(C)OCC=CC(O)N(C=O)C(CN)C1=CC=CCC1. The molecule has 1 aliphatic rings. The Kier molecular flexibility index (Phi) is 8.27. The Morgan fingerprint density at radius 1 is 1.44 bits per heavy atom. The molecule has 0 aliphatic heterocycles. The zero-order chi connectivity index (χ0) is 19.1. The van der Waals surface area contributed by atoms with Crippen molar-refractivity contribution in [2.75, 3.05) is 13.2 Å². The molecule has 0 saturated heterocycles. The number of nitrogens with zero attached hydrogens (tertiary/aromatic N) is 1. The van der Waals surface area contributed by atoms with E-state index in [9.17, 15) is 9.90 Å². The molecule has 0 bridgehead atoms. The Morgan fingerprint density at radius 2 is 2.12 bits per heavy atom. The molecule has 142 valence electrons. The molecule has 0 saturated carbocycles. The lowest BCUT2D eigenvalue weighted by Gasteiger charge is -2.36. The fourth-order valence-electron chi connectivity index (χ4n) is 2.43. The van der Waals surface area contributed by atoms with E-state index in [-0.39, 0.29) is 17.6 Å². The van der Waals surface area contributed by atoms with Crippen molar-refractivity contribution in [3.05, 3.63) is 36.0 Å². The van der Waals surface area contributed by atoms with E-state index in [1.165, 1.54) is 4.90 Å². The standard InChI is InChI=1S/C19H34N2O3Si/c1-19(2,3)25(4,5)24-13-9-12-18(23)21(15-22)17(14-20)16-10-7-6-8-11-16/h6-7,9-10,12,15,17-18,23H,8,11,13-14,20H2,1-5H3. The summed E-state index contributed by atoms with van der Waals surface area (Å²) in [4.78, 5) is 12.9. The van der Waals surface area contributed by atoms with E-state index in [0.29, 0.717) is 13.0 Å². The minimum atomic E-state index is -1.82. The minimum absolute atomic E-state index is 0.139. The average Bonchev–Trinajstić information content (AvgIpc) is 2.56. The lowest BCUT2D eigenvalue weighted by Crippen LogP contribution is -2.46. The van der Waals surface area contributed by atoms with E-state index in [1.807, 2.05) is 12.2 Å². The Morgan fingerprint density at radius 3 is 2.60 bits per heavy atom. The van der Waals surface area contributed by atoms with Crippen molar-refractivity contribution >= 4 is 14.7 Å². The highest BCUT2D eigenvalue weighted by Crippen LogP contribution is 2.36. The summed E-state index contributed by atoms with van der Waals surface area (Å²) in [6, 6.07) is -0.289. The van der Waals surface area contributed by atoms with E-state index in [0.717, 1.165) is 18.4 Å². The van der Waals surface area contributed by atoms with Crippen LogP contribution in [-0.4, -0.2) is 50.2 Å². The van der Waals surface area contributed by atoms with Crippen molar-refractivity contribution in [1.29, 1.82) is 0 Å². The van der Waals surface area contributed by atoms with Crippen LogP contribution in [0.4, 0.5) is 0 Å². The number of hydrogen-bond acceptors (Lipinski definition) is 4. The van der Waals surface area contributed by atoms with Crippen LogP contribution in [0.25, 0.3) is 0 Å². The van der Waals surface area contributed by atoms with Gasteiger partial charge in [-0.05, 0) is 42.6 Å². The van der Waals surface area contributed by atoms with Crippen molar-refractivity contribution in [3.63, 3.8) is 0 Å². The van der Waals surface area contributed by atoms with Gasteiger partial charge in [0.05, 0.1) is 12.6 Å². The van der Waals surface area contributed by atoms with Gasteiger partial charge in [-0.3, -0.25) is 4.79 Å². The molecule has 2 unspecified atom stereocenters. The normalized spacial score (nSPS) is 18.1. The van der Waals surface area contributed by atoms with E-state index in [1.54, 1.807) is 12.2 Å². The lowest BCUT2D eigenvalue weighted by molar-refractivity contribution is -0.127. The van der Waals surface area contributed by atoms with Gasteiger partial charge < -0.3 is 20.2 Å². The number of rotatable bonds is 9. The van der Waals surface area contributed by atoms with Gasteiger partial charge in [-0.25, -0.2) is 0 Å². The third-order valence-corrected chi connectivity index (χ3v) is 9.64. The molecule has 0 spiro atoms. The molecule has 6 heteroatoms. The zero-order valence-electron chi connectivity index (χ0n) is 16.2. The van der Waals surface area contributed by atoms with E-state index in [2.05, 4.69) is 39.9 Å². The number of carbonyl (C=O) groups excluding carboxylic acids is 1. The van der Waals surface area contributed by atoms with Gasteiger partial charge in [0.2, 0.25) is 6.41 Å². The first kappa shape index (κ1) is 21.8. The van der Waals surface area contributed by atoms with Crippen molar-refractivity contribution in [1.82, 2.24) is 4.90 Å². The molecule has 0 aromatic rings. The quantitative estimate of drug-likeness (QED) is 0.285. The maximum Gasteiger partial charge on any atom is 0.212 e. The van der Waals surface area contributed by atoms with Crippen LogP contribution >= 0.6 is 0 Å². The second-order valence-corrected chi connectivity index (χ2v) is 12.7. The molecule has 5 nitrogen and oxygen atoms in total. The molecule has 1 aliphatic carbocycles. The van der Waals surface area contributed by atoms with Crippen LogP contribution in [0, 0.1) is 0 Å². The summed E-state index contributed by atoms with van der Waals surface area (Å²) in [5, 5.41) is 10.5. The highest BCUT2D eigenvalue weighted by molar-refractivity contribution is 6.74. The summed E-state index contributed by atoms with van der Waals surface area (Å²) in [6.07, 6.45) is 10.9. The largest absolute Gasteiger partial charge is 0.413 e. The predicted octanol–water partition coefficient (Wildman–Crippen LogP) is 2.94. The topological polar surface area (TPSA) is 75.8 Å². The second kappa shape index (κ2) is 9.47.